The summed E-state index contributed by atoms with van der Waals surface area (Å²) in [6.07, 6.45) is 3.63. The van der Waals surface area contributed by atoms with E-state index < -0.39 is 0 Å². The second-order valence-corrected chi connectivity index (χ2v) is 6.04. The van der Waals surface area contributed by atoms with E-state index in [1.165, 1.54) is 16.5 Å². The van der Waals surface area contributed by atoms with Crippen LogP contribution in [0.5, 0.6) is 0 Å². The van der Waals surface area contributed by atoms with Crippen LogP contribution in [-0.4, -0.2) is 23.8 Å². The van der Waals surface area contributed by atoms with E-state index in [1.807, 2.05) is 12.1 Å². The highest BCUT2D eigenvalue weighted by atomic mass is 35.5. The summed E-state index contributed by atoms with van der Waals surface area (Å²) in [5.41, 5.74) is 2.50. The van der Waals surface area contributed by atoms with Crippen LogP contribution in [0.3, 0.4) is 0 Å². The van der Waals surface area contributed by atoms with Gasteiger partial charge in [-0.25, -0.2) is 0 Å². The number of nitrogens with zero attached hydrogens (tertiary/aromatic N) is 1. The summed E-state index contributed by atoms with van der Waals surface area (Å²) < 4.78 is 7.91. The fraction of sp³-hybridized carbons (Fsp3) is 0.529. The minimum absolute atomic E-state index is 0.265. The Morgan fingerprint density at radius 2 is 2.14 bits per heavy atom. The van der Waals surface area contributed by atoms with E-state index >= 15 is 0 Å². The molecule has 0 aliphatic heterocycles. The summed E-state index contributed by atoms with van der Waals surface area (Å²) in [7, 11) is 0. The Balaban J connectivity index is 2.20. The van der Waals surface area contributed by atoms with Crippen molar-refractivity contribution in [2.75, 3.05) is 13.2 Å². The van der Waals surface area contributed by atoms with Gasteiger partial charge in [-0.15, -0.1) is 0 Å². The molecule has 1 N–H and O–H groups in total. The third kappa shape index (κ3) is 4.47. The zero-order chi connectivity index (χ0) is 15.2. The first-order chi connectivity index (χ1) is 10.1. The van der Waals surface area contributed by atoms with Crippen molar-refractivity contribution in [2.24, 2.45) is 0 Å². The molecule has 0 atom stereocenters. The Morgan fingerprint density at radius 1 is 1.33 bits per heavy atom. The van der Waals surface area contributed by atoms with E-state index in [4.69, 9.17) is 16.3 Å². The topological polar surface area (TPSA) is 26.2 Å². The third-order valence-electron chi connectivity index (χ3n) is 3.45. The molecule has 1 heterocycles. The van der Waals surface area contributed by atoms with Gasteiger partial charge in [-0.2, -0.15) is 0 Å². The van der Waals surface area contributed by atoms with E-state index in [1.54, 1.807) is 0 Å². The minimum atomic E-state index is 0.265. The maximum Gasteiger partial charge on any atom is 0.0649 e. The molecular weight excluding hydrogens is 284 g/mol. The Bertz CT molecular complexity index is 577. The van der Waals surface area contributed by atoms with E-state index in [0.717, 1.165) is 37.7 Å². The molecule has 0 bridgehead atoms. The first kappa shape index (κ1) is 16.3. The van der Waals surface area contributed by atoms with Gasteiger partial charge >= 0.3 is 0 Å². The first-order valence-electron chi connectivity index (χ1n) is 7.71. The minimum Gasteiger partial charge on any atom is -0.377 e. The van der Waals surface area contributed by atoms with Gasteiger partial charge in [0.1, 0.15) is 0 Å². The number of halogens is 1. The Morgan fingerprint density at radius 3 is 2.86 bits per heavy atom. The van der Waals surface area contributed by atoms with Crippen LogP contribution in [0.2, 0.25) is 5.02 Å². The van der Waals surface area contributed by atoms with E-state index in [9.17, 15) is 0 Å². The molecule has 4 heteroatoms. The summed E-state index contributed by atoms with van der Waals surface area (Å²) in [6.45, 7) is 9.80. The van der Waals surface area contributed by atoms with Crippen LogP contribution in [0.15, 0.2) is 24.4 Å². The van der Waals surface area contributed by atoms with Crippen molar-refractivity contribution in [1.29, 1.82) is 0 Å². The Kier molecular flexibility index (Phi) is 6.09. The number of fused-ring (bicyclic) bond motifs is 1. The Hall–Kier alpha value is -1.03. The van der Waals surface area contributed by atoms with Gasteiger partial charge in [0.25, 0.3) is 0 Å². The van der Waals surface area contributed by atoms with Crippen molar-refractivity contribution >= 4 is 22.5 Å². The number of rotatable bonds is 8. The predicted octanol–water partition coefficient (Wildman–Crippen LogP) is 4.22. The molecule has 2 rings (SSSR count). The van der Waals surface area contributed by atoms with Crippen molar-refractivity contribution in [2.45, 2.75) is 46.4 Å². The highest BCUT2D eigenvalue weighted by Crippen LogP contribution is 2.25. The standard InChI is InChI=1S/C17H25ClN2O/c1-4-7-19-11-14-12-20(8-9-21-13(2)3)17-10-15(18)5-6-16(14)17/h5-6,10,12-13,19H,4,7-9,11H2,1-3H3. The normalized spacial score (nSPS) is 11.7. The first-order valence-corrected chi connectivity index (χ1v) is 8.09. The number of benzene rings is 1. The van der Waals surface area contributed by atoms with E-state index in [2.05, 4.69) is 42.9 Å². The van der Waals surface area contributed by atoms with E-state index in [-0.39, 0.29) is 6.10 Å². The fourth-order valence-corrected chi connectivity index (χ4v) is 2.62. The van der Waals surface area contributed by atoms with Crippen molar-refractivity contribution < 1.29 is 4.74 Å². The third-order valence-corrected chi connectivity index (χ3v) is 3.69. The zero-order valence-electron chi connectivity index (χ0n) is 13.2. The van der Waals surface area contributed by atoms with E-state index in [0.29, 0.717) is 0 Å². The molecule has 0 amide bonds. The fourth-order valence-electron chi connectivity index (χ4n) is 2.45. The SMILES string of the molecule is CCCNCc1cn(CCOC(C)C)c2cc(Cl)ccc12. The van der Waals surface area contributed by atoms with Crippen LogP contribution >= 0.6 is 11.6 Å². The van der Waals surface area contributed by atoms with Crippen LogP contribution in [0, 0.1) is 0 Å². The molecule has 0 spiro atoms. The summed E-state index contributed by atoms with van der Waals surface area (Å²) in [4.78, 5) is 0. The van der Waals surface area contributed by atoms with Gasteiger partial charge in [-0.3, -0.25) is 0 Å². The Labute approximate surface area is 132 Å². The van der Waals surface area contributed by atoms with Gasteiger partial charge in [-0.1, -0.05) is 24.6 Å². The number of nitrogens with one attached hydrogen (secondary N) is 1. The predicted molar refractivity (Wildman–Crippen MR) is 90.0 cm³/mol. The maximum atomic E-state index is 6.15. The molecule has 2 aromatic rings. The molecule has 1 aromatic carbocycles. The second kappa shape index (κ2) is 7.83. The average molecular weight is 309 g/mol. The lowest BCUT2D eigenvalue weighted by Gasteiger charge is -2.09. The van der Waals surface area contributed by atoms with Crippen LogP contribution in [0.1, 0.15) is 32.8 Å². The van der Waals surface area contributed by atoms with Crippen LogP contribution in [-0.2, 0) is 17.8 Å². The average Bonchev–Trinajstić information content (AvgIpc) is 2.76. The van der Waals surface area contributed by atoms with Crippen LogP contribution < -0.4 is 5.32 Å². The van der Waals surface area contributed by atoms with Gasteiger partial charge in [0.2, 0.25) is 0 Å². The van der Waals surface area contributed by atoms with Gasteiger partial charge in [0, 0.05) is 35.2 Å². The molecule has 0 unspecified atom stereocenters. The molecule has 3 nitrogen and oxygen atoms in total. The molecule has 0 fully saturated rings. The lowest BCUT2D eigenvalue weighted by Crippen LogP contribution is -2.13. The van der Waals surface area contributed by atoms with Crippen molar-refractivity contribution in [3.63, 3.8) is 0 Å². The molecule has 1 aromatic heterocycles. The summed E-state index contributed by atoms with van der Waals surface area (Å²) in [5, 5.41) is 5.52. The quantitative estimate of drug-likeness (QED) is 0.739. The molecule has 0 aliphatic rings. The lowest BCUT2D eigenvalue weighted by molar-refractivity contribution is 0.0733. The van der Waals surface area contributed by atoms with Crippen molar-refractivity contribution in [3.8, 4) is 0 Å². The highest BCUT2D eigenvalue weighted by Gasteiger charge is 2.09. The largest absolute Gasteiger partial charge is 0.377 e. The molecule has 0 saturated heterocycles. The lowest BCUT2D eigenvalue weighted by atomic mass is 10.2. The summed E-state index contributed by atoms with van der Waals surface area (Å²) in [6, 6.07) is 6.11. The molecule has 0 radical (unpaired) electrons. The van der Waals surface area contributed by atoms with Crippen LogP contribution in [0.25, 0.3) is 10.9 Å². The van der Waals surface area contributed by atoms with Crippen molar-refractivity contribution in [1.82, 2.24) is 9.88 Å². The second-order valence-electron chi connectivity index (χ2n) is 5.61. The monoisotopic (exact) mass is 308 g/mol. The summed E-state index contributed by atoms with van der Waals surface area (Å²) in [5.74, 6) is 0. The molecular formula is C17H25ClN2O. The maximum absolute atomic E-state index is 6.15. The number of ether oxygens (including phenoxy) is 1. The molecule has 116 valence electrons. The number of hydrogen-bond acceptors (Lipinski definition) is 2. The van der Waals surface area contributed by atoms with Gasteiger partial charge in [-0.05, 0) is 44.5 Å². The zero-order valence-corrected chi connectivity index (χ0v) is 13.9. The molecule has 0 saturated carbocycles. The summed E-state index contributed by atoms with van der Waals surface area (Å²) >= 11 is 6.15. The van der Waals surface area contributed by atoms with Crippen LogP contribution in [0.4, 0.5) is 0 Å². The molecule has 0 aliphatic carbocycles. The molecule has 21 heavy (non-hydrogen) atoms. The smallest absolute Gasteiger partial charge is 0.0649 e. The highest BCUT2D eigenvalue weighted by molar-refractivity contribution is 6.31. The number of hydrogen-bond donors (Lipinski definition) is 1. The van der Waals surface area contributed by atoms with Gasteiger partial charge in [0.05, 0.1) is 12.7 Å². The van der Waals surface area contributed by atoms with Gasteiger partial charge in [0.15, 0.2) is 0 Å². The van der Waals surface area contributed by atoms with Gasteiger partial charge < -0.3 is 14.6 Å². The number of aromatic nitrogens is 1. The van der Waals surface area contributed by atoms with Crippen molar-refractivity contribution in [3.05, 3.63) is 35.0 Å².